The Morgan fingerprint density at radius 2 is 1.73 bits per heavy atom. The molecule has 1 aromatic rings. The van der Waals surface area contributed by atoms with Crippen LogP contribution in [0.4, 0.5) is 13.2 Å². The molecule has 0 aromatic heterocycles. The molecule has 2 aliphatic heterocycles. The monoisotopic (exact) mass is 425 g/mol. The Bertz CT molecular complexity index is 645. The number of carbonyl (C=O) groups is 1. The van der Waals surface area contributed by atoms with Crippen molar-refractivity contribution >= 4 is 5.91 Å². The van der Waals surface area contributed by atoms with E-state index < -0.39 is 12.6 Å². The lowest BCUT2D eigenvalue weighted by molar-refractivity contribution is -0.136. The van der Waals surface area contributed by atoms with Gasteiger partial charge in [0, 0.05) is 52.1 Å². The molecule has 1 amide bonds. The highest BCUT2D eigenvalue weighted by molar-refractivity contribution is 5.76. The first-order valence-corrected chi connectivity index (χ1v) is 11.2. The molecule has 1 aromatic carbocycles. The average Bonchev–Trinajstić information content (AvgIpc) is 2.73. The minimum absolute atomic E-state index is 0.169. The average molecular weight is 426 g/mol. The van der Waals surface area contributed by atoms with E-state index in [4.69, 9.17) is 0 Å². The fourth-order valence-electron chi connectivity index (χ4n) is 4.58. The fraction of sp³-hybridized carbons (Fsp3) is 0.696. The molecule has 0 unspecified atom stereocenters. The van der Waals surface area contributed by atoms with Crippen LogP contribution in [0.1, 0.15) is 44.1 Å². The second-order valence-corrected chi connectivity index (χ2v) is 8.71. The Balaban J connectivity index is 1.32. The van der Waals surface area contributed by atoms with E-state index in [2.05, 4.69) is 34.1 Å². The Hall–Kier alpha value is -1.60. The summed E-state index contributed by atoms with van der Waals surface area (Å²) < 4.78 is 37.0. The number of likely N-dealkylation sites (tertiary alicyclic amines) is 1. The molecule has 0 radical (unpaired) electrons. The molecule has 7 heteroatoms. The van der Waals surface area contributed by atoms with Crippen LogP contribution in [-0.2, 0) is 11.3 Å². The number of alkyl halides is 3. The van der Waals surface area contributed by atoms with Crippen molar-refractivity contribution in [1.29, 1.82) is 0 Å². The summed E-state index contributed by atoms with van der Waals surface area (Å²) in [5.74, 6) is 0.650. The molecule has 0 spiro atoms. The Morgan fingerprint density at radius 1 is 1.00 bits per heavy atom. The number of hydrogen-bond acceptors (Lipinski definition) is 3. The summed E-state index contributed by atoms with van der Waals surface area (Å²) in [5, 5.41) is 0. The summed E-state index contributed by atoms with van der Waals surface area (Å²) in [6, 6.07) is 10.4. The molecule has 3 rings (SSSR count). The molecule has 0 aliphatic carbocycles. The van der Waals surface area contributed by atoms with E-state index in [1.54, 1.807) is 0 Å². The molecule has 1 atom stereocenters. The molecule has 2 saturated heterocycles. The van der Waals surface area contributed by atoms with E-state index in [9.17, 15) is 18.0 Å². The van der Waals surface area contributed by atoms with Gasteiger partial charge in [-0.3, -0.25) is 9.69 Å². The maximum Gasteiger partial charge on any atom is 0.389 e. The van der Waals surface area contributed by atoms with Gasteiger partial charge in [0.15, 0.2) is 0 Å². The molecule has 30 heavy (non-hydrogen) atoms. The molecule has 2 aliphatic rings. The van der Waals surface area contributed by atoms with Gasteiger partial charge in [0.2, 0.25) is 5.91 Å². The number of nitrogens with zero attached hydrogens (tertiary/aromatic N) is 3. The van der Waals surface area contributed by atoms with Crippen molar-refractivity contribution in [3.05, 3.63) is 35.9 Å². The zero-order chi connectivity index (χ0) is 21.4. The highest BCUT2D eigenvalue weighted by Crippen LogP contribution is 2.25. The number of piperazine rings is 1. The first kappa shape index (κ1) is 23.1. The Kier molecular flexibility index (Phi) is 8.57. The molecule has 4 nitrogen and oxygen atoms in total. The van der Waals surface area contributed by atoms with Gasteiger partial charge in [0.1, 0.15) is 0 Å². The maximum absolute atomic E-state index is 12.6. The summed E-state index contributed by atoms with van der Waals surface area (Å²) in [4.78, 5) is 19.1. The largest absolute Gasteiger partial charge is 0.389 e. The Labute approximate surface area is 178 Å². The van der Waals surface area contributed by atoms with Gasteiger partial charge >= 0.3 is 6.18 Å². The highest BCUT2D eigenvalue weighted by Gasteiger charge is 2.28. The number of piperidine rings is 1. The van der Waals surface area contributed by atoms with Crippen LogP contribution in [0, 0.1) is 5.92 Å². The number of halogens is 3. The minimum atomic E-state index is -4.06. The third kappa shape index (κ3) is 7.91. The van der Waals surface area contributed by atoms with Crippen LogP contribution in [0.5, 0.6) is 0 Å². The normalized spacial score (nSPS) is 21.7. The predicted molar refractivity (Wildman–Crippen MR) is 112 cm³/mol. The van der Waals surface area contributed by atoms with Gasteiger partial charge in [0.25, 0.3) is 0 Å². The SMILES string of the molecule is O=C(CC[C@@H]1CCCN(CCCC(F)(F)F)C1)N1CCN(Cc2ccccc2)CC1. The lowest BCUT2D eigenvalue weighted by Crippen LogP contribution is -2.48. The van der Waals surface area contributed by atoms with Crippen molar-refractivity contribution in [2.24, 2.45) is 5.92 Å². The topological polar surface area (TPSA) is 26.8 Å². The van der Waals surface area contributed by atoms with Gasteiger partial charge < -0.3 is 9.80 Å². The smallest absolute Gasteiger partial charge is 0.340 e. The molecular weight excluding hydrogens is 391 g/mol. The van der Waals surface area contributed by atoms with Crippen LogP contribution in [-0.4, -0.2) is 72.6 Å². The summed E-state index contributed by atoms with van der Waals surface area (Å²) in [5.41, 5.74) is 1.30. The lowest BCUT2D eigenvalue weighted by atomic mass is 9.93. The van der Waals surface area contributed by atoms with Crippen molar-refractivity contribution in [3.8, 4) is 0 Å². The van der Waals surface area contributed by atoms with Gasteiger partial charge in [-0.25, -0.2) is 0 Å². The van der Waals surface area contributed by atoms with E-state index in [1.165, 1.54) is 5.56 Å². The van der Waals surface area contributed by atoms with Crippen molar-refractivity contribution in [1.82, 2.24) is 14.7 Å². The van der Waals surface area contributed by atoms with E-state index in [-0.39, 0.29) is 12.3 Å². The number of rotatable bonds is 8. The van der Waals surface area contributed by atoms with E-state index >= 15 is 0 Å². The number of hydrogen-bond donors (Lipinski definition) is 0. The minimum Gasteiger partial charge on any atom is -0.340 e. The Morgan fingerprint density at radius 3 is 2.43 bits per heavy atom. The van der Waals surface area contributed by atoms with Gasteiger partial charge in [-0.1, -0.05) is 30.3 Å². The number of benzene rings is 1. The van der Waals surface area contributed by atoms with E-state index in [0.29, 0.717) is 18.9 Å². The zero-order valence-electron chi connectivity index (χ0n) is 17.7. The second kappa shape index (κ2) is 11.1. The third-order valence-corrected chi connectivity index (χ3v) is 6.28. The first-order chi connectivity index (χ1) is 14.4. The maximum atomic E-state index is 12.6. The summed E-state index contributed by atoms with van der Waals surface area (Å²) in [6.45, 7) is 6.50. The second-order valence-electron chi connectivity index (χ2n) is 8.71. The van der Waals surface area contributed by atoms with E-state index in [0.717, 1.165) is 65.1 Å². The van der Waals surface area contributed by atoms with Crippen molar-refractivity contribution in [2.45, 2.75) is 51.2 Å². The molecule has 168 valence electrons. The number of amides is 1. The van der Waals surface area contributed by atoms with Crippen molar-refractivity contribution < 1.29 is 18.0 Å². The third-order valence-electron chi connectivity index (χ3n) is 6.28. The lowest BCUT2D eigenvalue weighted by Gasteiger charge is -2.36. The standard InChI is InChI=1S/C23H34F3N3O/c24-23(25,26)11-5-13-27-12-4-8-21(19-27)9-10-22(30)29-16-14-28(15-17-29)18-20-6-2-1-3-7-20/h1-3,6-7,21H,4-5,8-19H2/t21-/m0/s1. The summed E-state index contributed by atoms with van der Waals surface area (Å²) in [7, 11) is 0. The molecule has 2 heterocycles. The van der Waals surface area contributed by atoms with Gasteiger partial charge in [-0.05, 0) is 50.3 Å². The fourth-order valence-corrected chi connectivity index (χ4v) is 4.58. The van der Waals surface area contributed by atoms with Crippen LogP contribution >= 0.6 is 0 Å². The van der Waals surface area contributed by atoms with Crippen LogP contribution < -0.4 is 0 Å². The van der Waals surface area contributed by atoms with Gasteiger partial charge in [-0.15, -0.1) is 0 Å². The molecule has 2 fully saturated rings. The molecule has 0 saturated carbocycles. The highest BCUT2D eigenvalue weighted by atomic mass is 19.4. The van der Waals surface area contributed by atoms with Gasteiger partial charge in [-0.2, -0.15) is 13.2 Å². The van der Waals surface area contributed by atoms with E-state index in [1.807, 2.05) is 11.0 Å². The molecule has 0 N–H and O–H groups in total. The molecular formula is C23H34F3N3O. The quantitative estimate of drug-likeness (QED) is 0.626. The summed E-state index contributed by atoms with van der Waals surface area (Å²) >= 11 is 0. The van der Waals surface area contributed by atoms with Crippen LogP contribution in [0.3, 0.4) is 0 Å². The molecule has 0 bridgehead atoms. The van der Waals surface area contributed by atoms with Crippen LogP contribution in [0.25, 0.3) is 0 Å². The zero-order valence-corrected chi connectivity index (χ0v) is 17.7. The van der Waals surface area contributed by atoms with Crippen molar-refractivity contribution in [2.75, 3.05) is 45.8 Å². The number of carbonyl (C=O) groups excluding carboxylic acids is 1. The van der Waals surface area contributed by atoms with Crippen LogP contribution in [0.15, 0.2) is 30.3 Å². The van der Waals surface area contributed by atoms with Crippen LogP contribution in [0.2, 0.25) is 0 Å². The van der Waals surface area contributed by atoms with Gasteiger partial charge in [0.05, 0.1) is 0 Å². The van der Waals surface area contributed by atoms with Crippen molar-refractivity contribution in [3.63, 3.8) is 0 Å². The predicted octanol–water partition coefficient (Wildman–Crippen LogP) is 4.17. The summed E-state index contributed by atoms with van der Waals surface area (Å²) in [6.07, 6.45) is -1.10. The first-order valence-electron chi connectivity index (χ1n) is 11.2.